The Balaban J connectivity index is 1.16. The molecule has 3 unspecified atom stereocenters. The summed E-state index contributed by atoms with van der Waals surface area (Å²) in [6.07, 6.45) is 6.31. The van der Waals surface area contributed by atoms with Gasteiger partial charge in [0, 0.05) is 23.6 Å². The van der Waals surface area contributed by atoms with Gasteiger partial charge in [-0.3, -0.25) is 9.59 Å². The van der Waals surface area contributed by atoms with Gasteiger partial charge in [0.05, 0.1) is 37.6 Å². The summed E-state index contributed by atoms with van der Waals surface area (Å²) in [7, 11) is 1.63. The highest BCUT2D eigenvalue weighted by Crippen LogP contribution is 2.53. The largest absolute Gasteiger partial charge is 0.497 e. The molecule has 2 N–H and O–H groups in total. The lowest BCUT2D eigenvalue weighted by molar-refractivity contribution is -0.138. The highest BCUT2D eigenvalue weighted by molar-refractivity contribution is 5.93. The van der Waals surface area contributed by atoms with E-state index in [0.717, 1.165) is 22.4 Å². The SMILES string of the molecule is COc1ccc(C(C)N2C[C@@]34C=C[C@H](O3)C(C(=O)NCCc3c[nH]c5ccccc35)C4C2=O)cc1. The number of ether oxygens (including phenoxy) is 2. The van der Waals surface area contributed by atoms with E-state index in [1.807, 2.05) is 72.6 Å². The lowest BCUT2D eigenvalue weighted by atomic mass is 9.77. The molecule has 7 heteroatoms. The standard InChI is InChI=1S/C28H29N3O4/c1-17(18-7-9-20(34-2)10-8-18)31-16-28-13-11-23(35-28)24(25(28)27(31)33)26(32)29-14-12-19-15-30-22-6-4-3-5-21(19)22/h3-11,13,15,17,23-25,30H,12,14,16H2,1-2H3,(H,29,32)/t17?,23-,24?,25?,28+/m0/s1. The van der Waals surface area contributed by atoms with E-state index in [9.17, 15) is 9.59 Å². The lowest BCUT2D eigenvalue weighted by Crippen LogP contribution is -2.44. The highest BCUT2D eigenvalue weighted by atomic mass is 16.5. The van der Waals surface area contributed by atoms with Crippen molar-refractivity contribution < 1.29 is 19.1 Å². The molecule has 2 amide bonds. The molecule has 0 aliphatic carbocycles. The molecule has 6 rings (SSSR count). The molecule has 0 saturated carbocycles. The minimum absolute atomic E-state index is 0.0167. The van der Waals surface area contributed by atoms with Crippen LogP contribution in [0.5, 0.6) is 5.75 Å². The zero-order valence-corrected chi connectivity index (χ0v) is 19.9. The minimum Gasteiger partial charge on any atom is -0.497 e. The molecule has 3 aliphatic rings. The maximum atomic E-state index is 13.6. The molecule has 3 aliphatic heterocycles. The average molecular weight is 472 g/mol. The van der Waals surface area contributed by atoms with Crippen LogP contribution in [0.3, 0.4) is 0 Å². The van der Waals surface area contributed by atoms with Gasteiger partial charge in [-0.15, -0.1) is 0 Å². The first-order chi connectivity index (χ1) is 17.0. The molecule has 4 heterocycles. The Morgan fingerprint density at radius 2 is 2.06 bits per heavy atom. The maximum Gasteiger partial charge on any atom is 0.230 e. The minimum atomic E-state index is -0.721. The van der Waals surface area contributed by atoms with Gasteiger partial charge in [-0.2, -0.15) is 0 Å². The summed E-state index contributed by atoms with van der Waals surface area (Å²) in [5, 5.41) is 4.25. The van der Waals surface area contributed by atoms with Crippen LogP contribution in [-0.4, -0.2) is 53.6 Å². The Bertz CT molecular complexity index is 1310. The molecule has 1 spiro atoms. The topological polar surface area (TPSA) is 83.7 Å². The number of aromatic nitrogens is 1. The van der Waals surface area contributed by atoms with Gasteiger partial charge in [-0.05, 0) is 42.7 Å². The average Bonchev–Trinajstić information content (AvgIpc) is 3.63. The lowest BCUT2D eigenvalue weighted by Gasteiger charge is -2.28. The second-order valence-corrected chi connectivity index (χ2v) is 9.72. The number of hydrogen-bond donors (Lipinski definition) is 2. The number of carbonyl (C=O) groups is 2. The molecule has 180 valence electrons. The van der Waals surface area contributed by atoms with Crippen LogP contribution < -0.4 is 10.1 Å². The monoisotopic (exact) mass is 471 g/mol. The summed E-state index contributed by atoms with van der Waals surface area (Å²) in [6.45, 7) is 2.98. The van der Waals surface area contributed by atoms with Gasteiger partial charge in [0.2, 0.25) is 11.8 Å². The van der Waals surface area contributed by atoms with Gasteiger partial charge in [-0.25, -0.2) is 0 Å². The number of amides is 2. The molecule has 35 heavy (non-hydrogen) atoms. The van der Waals surface area contributed by atoms with E-state index in [0.29, 0.717) is 19.5 Å². The van der Waals surface area contributed by atoms with Crippen LogP contribution >= 0.6 is 0 Å². The summed E-state index contributed by atoms with van der Waals surface area (Å²) >= 11 is 0. The predicted molar refractivity (Wildman–Crippen MR) is 132 cm³/mol. The Morgan fingerprint density at radius 3 is 2.86 bits per heavy atom. The molecule has 2 saturated heterocycles. The number of aromatic amines is 1. The first-order valence-electron chi connectivity index (χ1n) is 12.1. The second-order valence-electron chi connectivity index (χ2n) is 9.72. The maximum absolute atomic E-state index is 13.6. The number of H-pyrrole nitrogens is 1. The number of rotatable bonds is 7. The van der Waals surface area contributed by atoms with E-state index in [1.54, 1.807) is 7.11 Å². The zero-order valence-electron chi connectivity index (χ0n) is 19.9. The second kappa shape index (κ2) is 8.27. The fraction of sp³-hybridized carbons (Fsp3) is 0.357. The van der Waals surface area contributed by atoms with Crippen molar-refractivity contribution in [2.45, 2.75) is 31.1 Å². The van der Waals surface area contributed by atoms with Gasteiger partial charge in [0.25, 0.3) is 0 Å². The molecule has 7 nitrogen and oxygen atoms in total. The van der Waals surface area contributed by atoms with E-state index in [1.165, 1.54) is 5.39 Å². The van der Waals surface area contributed by atoms with E-state index < -0.39 is 17.4 Å². The van der Waals surface area contributed by atoms with Crippen molar-refractivity contribution >= 4 is 22.7 Å². The van der Waals surface area contributed by atoms with Crippen LogP contribution in [-0.2, 0) is 20.7 Å². The Kier molecular flexibility index (Phi) is 5.18. The summed E-state index contributed by atoms with van der Waals surface area (Å²) in [5.74, 6) is -0.358. The number of nitrogens with zero attached hydrogens (tertiary/aromatic N) is 1. The number of benzene rings is 2. The van der Waals surface area contributed by atoms with Gasteiger partial charge in [-0.1, -0.05) is 42.5 Å². The summed E-state index contributed by atoms with van der Waals surface area (Å²) in [4.78, 5) is 32.1. The van der Waals surface area contributed by atoms with Crippen molar-refractivity contribution in [2.75, 3.05) is 20.2 Å². The number of nitrogens with one attached hydrogen (secondary N) is 2. The fourth-order valence-electron chi connectivity index (χ4n) is 5.99. The molecule has 1 aromatic heterocycles. The van der Waals surface area contributed by atoms with Crippen LogP contribution in [0, 0.1) is 11.8 Å². The number of para-hydroxylation sites is 1. The van der Waals surface area contributed by atoms with Crippen molar-refractivity contribution in [1.82, 2.24) is 15.2 Å². The predicted octanol–water partition coefficient (Wildman–Crippen LogP) is 3.38. The van der Waals surface area contributed by atoms with Crippen LogP contribution in [0.25, 0.3) is 10.9 Å². The van der Waals surface area contributed by atoms with E-state index in [2.05, 4.69) is 16.4 Å². The number of hydrogen-bond acceptors (Lipinski definition) is 4. The molecule has 2 fully saturated rings. The van der Waals surface area contributed by atoms with Gasteiger partial charge >= 0.3 is 0 Å². The summed E-state index contributed by atoms with van der Waals surface area (Å²) in [5.41, 5.74) is 2.55. The molecule has 3 aromatic rings. The van der Waals surface area contributed by atoms with Gasteiger partial charge in [0.15, 0.2) is 0 Å². The van der Waals surface area contributed by atoms with Crippen molar-refractivity contribution in [3.63, 3.8) is 0 Å². The van der Waals surface area contributed by atoms with E-state index >= 15 is 0 Å². The third kappa shape index (κ3) is 3.45. The van der Waals surface area contributed by atoms with Crippen molar-refractivity contribution in [3.8, 4) is 5.75 Å². The zero-order chi connectivity index (χ0) is 24.2. The Morgan fingerprint density at radius 1 is 1.26 bits per heavy atom. The molecule has 2 bridgehead atoms. The third-order valence-electron chi connectivity index (χ3n) is 7.87. The van der Waals surface area contributed by atoms with Crippen molar-refractivity contribution in [2.24, 2.45) is 11.8 Å². The normalized spacial score (nSPS) is 27.4. The fourth-order valence-corrected chi connectivity index (χ4v) is 5.99. The first kappa shape index (κ1) is 21.9. The quantitative estimate of drug-likeness (QED) is 0.518. The number of fused-ring (bicyclic) bond motifs is 2. The first-order valence-corrected chi connectivity index (χ1v) is 12.1. The Labute approximate surface area is 204 Å². The highest BCUT2D eigenvalue weighted by Gasteiger charge is 2.67. The smallest absolute Gasteiger partial charge is 0.230 e. The molecule has 0 radical (unpaired) electrons. The number of likely N-dealkylation sites (tertiary alicyclic amines) is 1. The molecule has 2 aromatic carbocycles. The van der Waals surface area contributed by atoms with Crippen LogP contribution in [0.15, 0.2) is 66.9 Å². The van der Waals surface area contributed by atoms with Crippen molar-refractivity contribution in [1.29, 1.82) is 0 Å². The van der Waals surface area contributed by atoms with Gasteiger partial charge < -0.3 is 24.7 Å². The van der Waals surface area contributed by atoms with Crippen LogP contribution in [0.2, 0.25) is 0 Å². The third-order valence-corrected chi connectivity index (χ3v) is 7.87. The number of carbonyl (C=O) groups excluding carboxylic acids is 2. The van der Waals surface area contributed by atoms with Crippen LogP contribution in [0.1, 0.15) is 24.1 Å². The number of methoxy groups -OCH3 is 1. The summed E-state index contributed by atoms with van der Waals surface area (Å²) in [6, 6.07) is 15.8. The Hall–Kier alpha value is -3.58. The van der Waals surface area contributed by atoms with E-state index in [-0.39, 0.29) is 24.0 Å². The van der Waals surface area contributed by atoms with E-state index in [4.69, 9.17) is 9.47 Å². The summed E-state index contributed by atoms with van der Waals surface area (Å²) < 4.78 is 11.5. The molecular weight excluding hydrogens is 442 g/mol. The van der Waals surface area contributed by atoms with Gasteiger partial charge in [0.1, 0.15) is 11.4 Å². The molecular formula is C28H29N3O4. The molecule has 5 atom stereocenters. The van der Waals surface area contributed by atoms with Crippen LogP contribution in [0.4, 0.5) is 0 Å². The van der Waals surface area contributed by atoms with Crippen molar-refractivity contribution in [3.05, 3.63) is 78.0 Å².